The lowest BCUT2D eigenvalue weighted by Crippen LogP contribution is -2.13. The molecule has 0 saturated heterocycles. The summed E-state index contributed by atoms with van der Waals surface area (Å²) in [6, 6.07) is 24.5. The van der Waals surface area contributed by atoms with Crippen LogP contribution in [0, 0.1) is 18.3 Å². The maximum atomic E-state index is 12.9. The van der Waals surface area contributed by atoms with E-state index in [1.54, 1.807) is 41.2 Å². The summed E-state index contributed by atoms with van der Waals surface area (Å²) in [6.07, 6.45) is 4.20. The average molecular weight is 497 g/mol. The summed E-state index contributed by atoms with van der Waals surface area (Å²) in [4.78, 5) is 12.9. The van der Waals surface area contributed by atoms with Crippen molar-refractivity contribution < 1.29 is 9.53 Å². The van der Waals surface area contributed by atoms with Gasteiger partial charge in [0.2, 0.25) is 0 Å². The minimum absolute atomic E-state index is 0.0431. The first-order valence-electron chi connectivity index (χ1n) is 11.6. The molecule has 1 heterocycles. The first-order valence-corrected chi connectivity index (χ1v) is 11.9. The Morgan fingerprint density at radius 2 is 1.89 bits per heavy atom. The number of para-hydroxylation sites is 1. The molecule has 4 aromatic rings. The molecule has 0 radical (unpaired) electrons. The number of hydrogen-bond acceptors (Lipinski definition) is 4. The molecule has 0 aliphatic rings. The molecule has 0 aliphatic heterocycles. The van der Waals surface area contributed by atoms with Gasteiger partial charge in [0.25, 0.3) is 5.91 Å². The second-order valence-electron chi connectivity index (χ2n) is 8.20. The second kappa shape index (κ2) is 11.4. The summed E-state index contributed by atoms with van der Waals surface area (Å²) in [7, 11) is 0. The minimum Gasteiger partial charge on any atom is -0.492 e. The van der Waals surface area contributed by atoms with Crippen LogP contribution < -0.4 is 10.1 Å². The topological polar surface area (TPSA) is 79.9 Å². The van der Waals surface area contributed by atoms with Crippen LogP contribution in [0.4, 0.5) is 5.69 Å². The summed E-state index contributed by atoms with van der Waals surface area (Å²) in [5.74, 6) is 0.0955. The largest absolute Gasteiger partial charge is 0.492 e. The first kappa shape index (κ1) is 24.8. The molecule has 7 heteroatoms. The fraction of sp³-hybridized carbons (Fsp3) is 0.138. The Morgan fingerprint density at radius 3 is 2.56 bits per heavy atom. The molecular formula is C29H25ClN4O2. The molecule has 0 fully saturated rings. The van der Waals surface area contributed by atoms with Gasteiger partial charge in [-0.2, -0.15) is 10.4 Å². The molecule has 180 valence electrons. The van der Waals surface area contributed by atoms with Gasteiger partial charge in [-0.05, 0) is 61.9 Å². The first-order chi connectivity index (χ1) is 17.5. The van der Waals surface area contributed by atoms with Crippen molar-refractivity contribution in [2.24, 2.45) is 0 Å². The number of carbonyl (C=O) groups excluding carboxylic acids is 1. The van der Waals surface area contributed by atoms with Gasteiger partial charge in [-0.25, -0.2) is 4.68 Å². The van der Waals surface area contributed by atoms with Gasteiger partial charge < -0.3 is 10.1 Å². The van der Waals surface area contributed by atoms with E-state index in [-0.39, 0.29) is 5.57 Å². The van der Waals surface area contributed by atoms with Crippen molar-refractivity contribution in [2.45, 2.75) is 20.3 Å². The fourth-order valence-electron chi connectivity index (χ4n) is 3.55. The number of halogens is 1. The zero-order chi connectivity index (χ0) is 25.5. The molecule has 0 saturated carbocycles. The number of anilines is 1. The monoisotopic (exact) mass is 496 g/mol. The highest BCUT2D eigenvalue weighted by Gasteiger charge is 2.16. The van der Waals surface area contributed by atoms with Crippen molar-refractivity contribution in [1.82, 2.24) is 9.78 Å². The third kappa shape index (κ3) is 5.83. The number of amides is 1. The highest BCUT2D eigenvalue weighted by atomic mass is 35.5. The number of nitrogens with one attached hydrogen (secondary N) is 1. The maximum Gasteiger partial charge on any atom is 0.266 e. The van der Waals surface area contributed by atoms with Crippen LogP contribution in [0.2, 0.25) is 5.02 Å². The normalized spacial score (nSPS) is 11.1. The summed E-state index contributed by atoms with van der Waals surface area (Å²) in [5.41, 5.74) is 4.41. The van der Waals surface area contributed by atoms with E-state index >= 15 is 0 Å². The average Bonchev–Trinajstić information content (AvgIpc) is 3.32. The Kier molecular flexibility index (Phi) is 7.84. The fourth-order valence-corrected chi connectivity index (χ4v) is 3.78. The summed E-state index contributed by atoms with van der Waals surface area (Å²) < 4.78 is 7.41. The molecule has 0 aliphatic carbocycles. The quantitative estimate of drug-likeness (QED) is 0.214. The third-order valence-electron chi connectivity index (χ3n) is 5.40. The van der Waals surface area contributed by atoms with Gasteiger partial charge in [0, 0.05) is 23.0 Å². The predicted octanol–water partition coefficient (Wildman–Crippen LogP) is 6.84. The standard InChI is InChI=1S/C29H25ClN4O2/c1-3-15-36-27-14-11-21(17-26(27)30)28-23(19-34(33-28)25-7-5-4-6-8-25)16-22(18-31)29(35)32-24-12-9-20(2)10-13-24/h4-14,16-17,19H,3,15H2,1-2H3,(H,32,35). The van der Waals surface area contributed by atoms with Gasteiger partial charge >= 0.3 is 0 Å². The Hall–Kier alpha value is -4.34. The SMILES string of the molecule is CCCOc1ccc(-c2nn(-c3ccccc3)cc2C=C(C#N)C(=O)Nc2ccc(C)cc2)cc1Cl. The third-order valence-corrected chi connectivity index (χ3v) is 5.70. The lowest BCUT2D eigenvalue weighted by molar-refractivity contribution is -0.112. The number of nitriles is 1. The Bertz CT molecular complexity index is 1430. The highest BCUT2D eigenvalue weighted by molar-refractivity contribution is 6.32. The van der Waals surface area contributed by atoms with E-state index in [0.29, 0.717) is 34.3 Å². The van der Waals surface area contributed by atoms with Crippen molar-refractivity contribution in [1.29, 1.82) is 5.26 Å². The molecule has 0 unspecified atom stereocenters. The van der Waals surface area contributed by atoms with Crippen LogP contribution >= 0.6 is 11.6 Å². The smallest absolute Gasteiger partial charge is 0.266 e. The second-order valence-corrected chi connectivity index (χ2v) is 8.60. The van der Waals surface area contributed by atoms with Gasteiger partial charge in [0.1, 0.15) is 23.1 Å². The number of hydrogen-bond donors (Lipinski definition) is 1. The molecule has 0 atom stereocenters. The Morgan fingerprint density at radius 1 is 1.14 bits per heavy atom. The molecule has 3 aromatic carbocycles. The molecule has 6 nitrogen and oxygen atoms in total. The van der Waals surface area contributed by atoms with E-state index in [2.05, 4.69) is 5.32 Å². The summed E-state index contributed by atoms with van der Waals surface area (Å²) in [6.45, 7) is 4.56. The van der Waals surface area contributed by atoms with Crippen LogP contribution in [0.15, 0.2) is 84.6 Å². The van der Waals surface area contributed by atoms with E-state index in [1.807, 2.05) is 68.4 Å². The lowest BCUT2D eigenvalue weighted by atomic mass is 10.1. The van der Waals surface area contributed by atoms with Crippen molar-refractivity contribution in [3.63, 3.8) is 0 Å². The minimum atomic E-state index is -0.499. The molecule has 0 bridgehead atoms. The summed E-state index contributed by atoms with van der Waals surface area (Å²) in [5, 5.41) is 17.8. The van der Waals surface area contributed by atoms with Gasteiger partial charge in [-0.1, -0.05) is 54.4 Å². The Balaban J connectivity index is 1.74. The predicted molar refractivity (Wildman–Crippen MR) is 143 cm³/mol. The van der Waals surface area contributed by atoms with Crippen LogP contribution in [0.1, 0.15) is 24.5 Å². The summed E-state index contributed by atoms with van der Waals surface area (Å²) >= 11 is 6.48. The molecule has 0 spiro atoms. The number of carbonyl (C=O) groups is 1. The van der Waals surface area contributed by atoms with Crippen LogP contribution in [0.25, 0.3) is 23.0 Å². The number of aryl methyl sites for hydroxylation is 1. The molecule has 4 rings (SSSR count). The number of nitrogens with zero attached hydrogens (tertiary/aromatic N) is 3. The van der Waals surface area contributed by atoms with Crippen molar-refractivity contribution in [3.8, 4) is 28.8 Å². The molecule has 1 N–H and O–H groups in total. The lowest BCUT2D eigenvalue weighted by Gasteiger charge is -2.08. The molecule has 1 amide bonds. The van der Waals surface area contributed by atoms with Gasteiger partial charge in [0.05, 0.1) is 17.3 Å². The zero-order valence-corrected chi connectivity index (χ0v) is 20.8. The number of aromatic nitrogens is 2. The maximum absolute atomic E-state index is 12.9. The van der Waals surface area contributed by atoms with Crippen LogP contribution in [-0.4, -0.2) is 22.3 Å². The van der Waals surface area contributed by atoms with E-state index in [1.165, 1.54) is 0 Å². The number of ether oxygens (including phenoxy) is 1. The number of benzene rings is 3. The van der Waals surface area contributed by atoms with Crippen molar-refractivity contribution >= 4 is 29.3 Å². The zero-order valence-electron chi connectivity index (χ0n) is 20.0. The Labute approximate surface area is 215 Å². The van der Waals surface area contributed by atoms with Gasteiger partial charge in [-0.15, -0.1) is 0 Å². The molecule has 36 heavy (non-hydrogen) atoms. The highest BCUT2D eigenvalue weighted by Crippen LogP contribution is 2.33. The molecular weight excluding hydrogens is 472 g/mol. The van der Waals surface area contributed by atoms with E-state index in [9.17, 15) is 10.1 Å². The van der Waals surface area contributed by atoms with Crippen molar-refractivity contribution in [3.05, 3.63) is 101 Å². The van der Waals surface area contributed by atoms with Crippen LogP contribution in [0.5, 0.6) is 5.75 Å². The van der Waals surface area contributed by atoms with E-state index in [4.69, 9.17) is 21.4 Å². The van der Waals surface area contributed by atoms with Crippen molar-refractivity contribution in [2.75, 3.05) is 11.9 Å². The van der Waals surface area contributed by atoms with Crippen LogP contribution in [-0.2, 0) is 4.79 Å². The van der Waals surface area contributed by atoms with Gasteiger partial charge in [0.15, 0.2) is 0 Å². The van der Waals surface area contributed by atoms with E-state index in [0.717, 1.165) is 23.2 Å². The van der Waals surface area contributed by atoms with Gasteiger partial charge in [-0.3, -0.25) is 4.79 Å². The van der Waals surface area contributed by atoms with E-state index < -0.39 is 5.91 Å². The van der Waals surface area contributed by atoms with Crippen LogP contribution in [0.3, 0.4) is 0 Å². The molecule has 1 aromatic heterocycles. The number of rotatable bonds is 8.